The number of aromatic nitrogens is 3. The highest BCUT2D eigenvalue weighted by Crippen LogP contribution is 1.77. The molecule has 0 unspecified atom stereocenters. The fraction of sp³-hybridized carbons (Fsp3) is 0. The van der Waals surface area contributed by atoms with Crippen LogP contribution in [0.3, 0.4) is 0 Å². The van der Waals surface area contributed by atoms with Gasteiger partial charge in [-0.3, -0.25) is 9.89 Å². The zero-order valence-corrected chi connectivity index (χ0v) is 4.68. The van der Waals surface area contributed by atoms with E-state index in [9.17, 15) is 4.79 Å². The van der Waals surface area contributed by atoms with E-state index in [-0.39, 0.29) is 0 Å². The van der Waals surface area contributed by atoms with Crippen LogP contribution in [0.4, 0.5) is 0 Å². The summed E-state index contributed by atoms with van der Waals surface area (Å²) in [6, 6.07) is 0. The van der Waals surface area contributed by atoms with E-state index in [1.165, 1.54) is 10.9 Å². The lowest BCUT2D eigenvalue weighted by atomic mass is 11.1. The van der Waals surface area contributed by atoms with Gasteiger partial charge in [0.15, 0.2) is 0 Å². The maximum Gasteiger partial charge on any atom is 0.221 e. The Balaban J connectivity index is 3.30. The van der Waals surface area contributed by atoms with E-state index in [1.54, 1.807) is 0 Å². The Bertz CT molecular complexity index is 237. The molecule has 0 saturated carbocycles. The minimum atomic E-state index is 0.319. The van der Waals surface area contributed by atoms with Crippen molar-refractivity contribution in [3.05, 3.63) is 11.1 Å². The molecule has 4 nitrogen and oxygen atoms in total. The largest absolute Gasteiger partial charge is 0.278 e. The molecule has 1 N–H and O–H groups in total. The quantitative estimate of drug-likeness (QED) is 0.428. The number of hydrogen-bond donors (Lipinski definition) is 1. The number of H-pyrrole nitrogens is 1. The molecule has 0 spiro atoms. The molecule has 0 amide bonds. The second kappa shape index (κ2) is 1.87. The molecule has 5 heteroatoms. The van der Waals surface area contributed by atoms with E-state index < -0.39 is 0 Å². The van der Waals surface area contributed by atoms with Crippen LogP contribution in [0.25, 0.3) is 0 Å². The van der Waals surface area contributed by atoms with Crippen molar-refractivity contribution < 1.29 is 4.79 Å². The predicted octanol–water partition coefficient (Wildman–Crippen LogP) is -0.0210. The van der Waals surface area contributed by atoms with Crippen molar-refractivity contribution in [2.24, 2.45) is 0 Å². The maximum absolute atomic E-state index is 9.92. The molecule has 1 rings (SSSR count). The van der Waals surface area contributed by atoms with E-state index in [0.29, 0.717) is 11.2 Å². The van der Waals surface area contributed by atoms with Crippen LogP contribution in [0.1, 0.15) is 0 Å². The van der Waals surface area contributed by atoms with Crippen LogP contribution in [0.5, 0.6) is 0 Å². The summed E-state index contributed by atoms with van der Waals surface area (Å²) in [5.41, 5.74) is 0. The van der Waals surface area contributed by atoms with Gasteiger partial charge in [-0.2, -0.15) is 5.10 Å². The first-order valence-electron chi connectivity index (χ1n) is 1.91. The average molecular weight is 129 g/mol. The molecule has 1 aromatic heterocycles. The second-order valence-corrected chi connectivity index (χ2v) is 1.56. The minimum absolute atomic E-state index is 0.319. The van der Waals surface area contributed by atoms with Crippen LogP contribution in [0, 0.1) is 4.77 Å². The van der Waals surface area contributed by atoms with Crippen LogP contribution in [-0.2, 0) is 4.79 Å². The number of nitrogens with zero attached hydrogens (tertiary/aromatic N) is 2. The third kappa shape index (κ3) is 0.671. The smallest absolute Gasteiger partial charge is 0.221 e. The summed E-state index contributed by atoms with van der Waals surface area (Å²) < 4.78 is 1.50. The lowest BCUT2D eigenvalue weighted by Gasteiger charge is -1.76. The Labute approximate surface area is 50.1 Å². The van der Waals surface area contributed by atoms with Gasteiger partial charge in [0.05, 0.1) is 0 Å². The molecule has 0 fully saturated rings. The molecule has 0 atom stereocenters. The lowest BCUT2D eigenvalue weighted by Crippen LogP contribution is -1.89. The van der Waals surface area contributed by atoms with Crippen LogP contribution in [-0.4, -0.2) is 21.2 Å². The van der Waals surface area contributed by atoms with Gasteiger partial charge in [-0.1, -0.05) is 0 Å². The highest BCUT2D eigenvalue weighted by molar-refractivity contribution is 7.71. The number of carbonyl (C=O) groups is 1. The summed E-state index contributed by atoms with van der Waals surface area (Å²) in [5.74, 6) is 0. The van der Waals surface area contributed by atoms with Crippen LogP contribution in [0.15, 0.2) is 6.33 Å². The van der Waals surface area contributed by atoms with Crippen molar-refractivity contribution in [2.75, 3.05) is 0 Å². The van der Waals surface area contributed by atoms with Crippen molar-refractivity contribution >= 4 is 18.6 Å². The molecule has 0 bridgehead atoms. The molecule has 0 radical (unpaired) electrons. The summed E-state index contributed by atoms with van der Waals surface area (Å²) in [6.07, 6.45) is 1.90. The third-order valence-corrected chi connectivity index (χ3v) is 0.993. The first-order chi connectivity index (χ1) is 3.84. The summed E-state index contributed by atoms with van der Waals surface area (Å²) in [7, 11) is 0. The monoisotopic (exact) mass is 129 g/mol. The van der Waals surface area contributed by atoms with Gasteiger partial charge in [-0.05, 0) is 12.2 Å². The topological polar surface area (TPSA) is 50.7 Å². The van der Waals surface area contributed by atoms with Crippen molar-refractivity contribution in [3.8, 4) is 0 Å². The van der Waals surface area contributed by atoms with Gasteiger partial charge in [-0.15, -0.1) is 0 Å². The van der Waals surface area contributed by atoms with Gasteiger partial charge in [0, 0.05) is 0 Å². The highest BCUT2D eigenvalue weighted by Gasteiger charge is 1.84. The Morgan fingerprint density at radius 1 is 2.00 bits per heavy atom. The molecule has 0 aliphatic carbocycles. The molecular formula is C3H3N3OS. The van der Waals surface area contributed by atoms with Gasteiger partial charge < -0.3 is 0 Å². The zero-order valence-electron chi connectivity index (χ0n) is 3.87. The van der Waals surface area contributed by atoms with Crippen LogP contribution in [0.2, 0.25) is 0 Å². The van der Waals surface area contributed by atoms with Crippen LogP contribution >= 0.6 is 12.2 Å². The standard InChI is InChI=1S/C3H3N3OS/c7-2-6-1-4-5-3(6)8/h1-2H,(H,5,8). The molecule has 1 aromatic rings. The van der Waals surface area contributed by atoms with Crippen molar-refractivity contribution in [2.45, 2.75) is 0 Å². The Morgan fingerprint density at radius 2 is 2.75 bits per heavy atom. The molecule has 0 aliphatic heterocycles. The van der Waals surface area contributed by atoms with E-state index >= 15 is 0 Å². The Kier molecular flexibility index (Phi) is 1.21. The number of aromatic amines is 1. The predicted molar refractivity (Wildman–Crippen MR) is 29.6 cm³/mol. The van der Waals surface area contributed by atoms with E-state index in [0.717, 1.165) is 0 Å². The van der Waals surface area contributed by atoms with Gasteiger partial charge >= 0.3 is 0 Å². The summed E-state index contributed by atoms with van der Waals surface area (Å²) >= 11 is 4.60. The normalized spacial score (nSPS) is 9.00. The molecule has 0 aliphatic rings. The highest BCUT2D eigenvalue weighted by atomic mass is 32.1. The van der Waals surface area contributed by atoms with Crippen molar-refractivity contribution in [1.82, 2.24) is 14.8 Å². The third-order valence-electron chi connectivity index (χ3n) is 0.690. The minimum Gasteiger partial charge on any atom is -0.278 e. The first kappa shape index (κ1) is 5.17. The maximum atomic E-state index is 9.92. The fourth-order valence-corrected chi connectivity index (χ4v) is 0.474. The number of hydrogen-bond acceptors (Lipinski definition) is 3. The first-order valence-corrected chi connectivity index (χ1v) is 2.32. The number of rotatable bonds is 1. The SMILES string of the molecule is O=Cn1cn[nH]c1=S. The van der Waals surface area contributed by atoms with Gasteiger partial charge in [0.1, 0.15) is 6.33 Å². The van der Waals surface area contributed by atoms with E-state index in [1.807, 2.05) is 0 Å². The zero-order chi connectivity index (χ0) is 5.98. The number of nitrogens with one attached hydrogen (secondary N) is 1. The number of carbonyl (C=O) groups excluding carboxylic acids is 1. The molecule has 42 valence electrons. The molecule has 1 heterocycles. The molecule has 8 heavy (non-hydrogen) atoms. The summed E-state index contributed by atoms with van der Waals surface area (Å²) in [5, 5.41) is 5.91. The second-order valence-electron chi connectivity index (χ2n) is 1.17. The summed E-state index contributed by atoms with van der Waals surface area (Å²) in [6.45, 7) is 0. The van der Waals surface area contributed by atoms with Crippen molar-refractivity contribution in [1.29, 1.82) is 0 Å². The van der Waals surface area contributed by atoms with Gasteiger partial charge in [0.25, 0.3) is 0 Å². The molecular weight excluding hydrogens is 126 g/mol. The summed E-state index contributed by atoms with van der Waals surface area (Å²) in [4.78, 5) is 9.92. The van der Waals surface area contributed by atoms with E-state index in [2.05, 4.69) is 22.4 Å². The van der Waals surface area contributed by atoms with Gasteiger partial charge in [-0.25, -0.2) is 4.57 Å². The van der Waals surface area contributed by atoms with Crippen LogP contribution < -0.4 is 0 Å². The lowest BCUT2D eigenvalue weighted by molar-refractivity contribution is 0.546. The molecule has 0 aromatic carbocycles. The molecule has 0 saturated heterocycles. The van der Waals surface area contributed by atoms with Gasteiger partial charge in [0.2, 0.25) is 11.2 Å². The van der Waals surface area contributed by atoms with E-state index in [4.69, 9.17) is 0 Å². The Morgan fingerprint density at radius 3 is 3.00 bits per heavy atom. The average Bonchev–Trinajstić information content (AvgIpc) is 2.14. The Hall–Kier alpha value is -0.970. The van der Waals surface area contributed by atoms with Crippen molar-refractivity contribution in [3.63, 3.8) is 0 Å². The fourth-order valence-electron chi connectivity index (χ4n) is 0.332.